The Balaban J connectivity index is 1.53. The van der Waals surface area contributed by atoms with Crippen molar-refractivity contribution < 1.29 is 14.3 Å². The van der Waals surface area contributed by atoms with Gasteiger partial charge in [0.1, 0.15) is 5.75 Å². The Kier molecular flexibility index (Phi) is 10.0. The Hall–Kier alpha value is -2.75. The molecule has 2 aromatic carbocycles. The molecule has 0 unspecified atom stereocenters. The summed E-state index contributed by atoms with van der Waals surface area (Å²) in [5.74, 6) is 1.18. The lowest BCUT2D eigenvalue weighted by Gasteiger charge is -2.15. The van der Waals surface area contributed by atoms with Crippen LogP contribution in [0.2, 0.25) is 10.0 Å². The Morgan fingerprint density at radius 3 is 2.61 bits per heavy atom. The molecule has 8 nitrogen and oxygen atoms in total. The highest BCUT2D eigenvalue weighted by molar-refractivity contribution is 7.99. The molecule has 2 amide bonds. The van der Waals surface area contributed by atoms with E-state index in [0.29, 0.717) is 39.0 Å². The van der Waals surface area contributed by atoms with E-state index in [0.717, 1.165) is 11.1 Å². The number of aryl methyl sites for hydroxylation is 1. The maximum absolute atomic E-state index is 12.4. The number of hydrogen-bond donors (Lipinski definition) is 2. The van der Waals surface area contributed by atoms with Crippen LogP contribution in [-0.2, 0) is 22.7 Å². The van der Waals surface area contributed by atoms with E-state index in [2.05, 4.69) is 34.7 Å². The molecule has 1 aromatic heterocycles. The average Bonchev–Trinajstić information content (AvgIpc) is 3.24. The highest BCUT2D eigenvalue weighted by Crippen LogP contribution is 2.28. The van der Waals surface area contributed by atoms with Gasteiger partial charge in [-0.15, -0.1) is 10.2 Å². The van der Waals surface area contributed by atoms with Crippen molar-refractivity contribution in [2.24, 2.45) is 0 Å². The molecule has 0 saturated heterocycles. The number of carbonyl (C=O) groups is 2. The van der Waals surface area contributed by atoms with E-state index in [9.17, 15) is 9.59 Å². The summed E-state index contributed by atoms with van der Waals surface area (Å²) in [7, 11) is 0. The van der Waals surface area contributed by atoms with Crippen molar-refractivity contribution in [2.75, 3.05) is 17.7 Å². The van der Waals surface area contributed by atoms with Crippen LogP contribution in [0.1, 0.15) is 43.6 Å². The van der Waals surface area contributed by atoms with Gasteiger partial charge in [-0.1, -0.05) is 60.9 Å². The monoisotopic (exact) mass is 549 g/mol. The van der Waals surface area contributed by atoms with Crippen LogP contribution in [0.25, 0.3) is 0 Å². The predicted molar refractivity (Wildman–Crippen MR) is 144 cm³/mol. The first-order valence-corrected chi connectivity index (χ1v) is 13.2. The third-order valence-electron chi connectivity index (χ3n) is 5.24. The number of aromatic nitrogens is 3. The standard InChI is InChI=1S/C25H29Cl2N5O3S/c1-5-32-22(12-28-23(33)13-35-21-10-16(4)6-8-18(21)15(2)3)30-31-25(32)36-14-24(34)29-20-11-17(26)7-9-19(20)27/h6-11,15H,5,12-14H2,1-4H3,(H,28,33)(H,29,34). The predicted octanol–water partition coefficient (Wildman–Crippen LogP) is 5.46. The van der Waals surface area contributed by atoms with Crippen LogP contribution >= 0.6 is 35.0 Å². The number of nitrogens with one attached hydrogen (secondary N) is 2. The van der Waals surface area contributed by atoms with E-state index < -0.39 is 0 Å². The number of rotatable bonds is 11. The van der Waals surface area contributed by atoms with Crippen LogP contribution in [0.5, 0.6) is 5.75 Å². The van der Waals surface area contributed by atoms with Crippen molar-refractivity contribution in [3.05, 3.63) is 63.4 Å². The van der Waals surface area contributed by atoms with Crippen molar-refractivity contribution in [1.82, 2.24) is 20.1 Å². The largest absolute Gasteiger partial charge is 0.483 e. The van der Waals surface area contributed by atoms with Gasteiger partial charge in [0, 0.05) is 11.6 Å². The molecule has 0 bridgehead atoms. The summed E-state index contributed by atoms with van der Waals surface area (Å²) in [6.07, 6.45) is 0. The zero-order chi connectivity index (χ0) is 26.2. The molecule has 3 aromatic rings. The van der Waals surface area contributed by atoms with Crippen molar-refractivity contribution >= 4 is 52.5 Å². The molecule has 0 radical (unpaired) electrons. The van der Waals surface area contributed by atoms with Crippen molar-refractivity contribution in [3.8, 4) is 5.75 Å². The highest BCUT2D eigenvalue weighted by Gasteiger charge is 2.16. The summed E-state index contributed by atoms with van der Waals surface area (Å²) in [6, 6.07) is 10.9. The van der Waals surface area contributed by atoms with Crippen LogP contribution in [-0.4, -0.2) is 38.9 Å². The number of carbonyl (C=O) groups excluding carboxylic acids is 2. The molecule has 0 aliphatic heterocycles. The third kappa shape index (κ3) is 7.62. The second-order valence-electron chi connectivity index (χ2n) is 8.37. The Labute approximate surface area is 225 Å². The number of hydrogen-bond acceptors (Lipinski definition) is 6. The Morgan fingerprint density at radius 1 is 1.11 bits per heavy atom. The number of nitrogens with zero attached hydrogens (tertiary/aromatic N) is 3. The summed E-state index contributed by atoms with van der Waals surface area (Å²) in [6.45, 7) is 8.77. The van der Waals surface area contributed by atoms with Gasteiger partial charge in [0.15, 0.2) is 17.6 Å². The fraction of sp³-hybridized carbons (Fsp3) is 0.360. The fourth-order valence-electron chi connectivity index (χ4n) is 3.40. The first kappa shape index (κ1) is 27.8. The molecule has 0 aliphatic carbocycles. The summed E-state index contributed by atoms with van der Waals surface area (Å²) >= 11 is 13.3. The minimum Gasteiger partial charge on any atom is -0.483 e. The number of anilines is 1. The van der Waals surface area contributed by atoms with E-state index in [4.69, 9.17) is 27.9 Å². The van der Waals surface area contributed by atoms with Crippen LogP contribution in [0.15, 0.2) is 41.6 Å². The van der Waals surface area contributed by atoms with E-state index >= 15 is 0 Å². The molecule has 192 valence electrons. The summed E-state index contributed by atoms with van der Waals surface area (Å²) in [4.78, 5) is 24.8. The Bertz CT molecular complexity index is 1230. The van der Waals surface area contributed by atoms with Gasteiger partial charge in [0.05, 0.1) is 23.0 Å². The number of halogens is 2. The number of benzene rings is 2. The lowest BCUT2D eigenvalue weighted by atomic mass is 10.0. The molecule has 11 heteroatoms. The molecule has 1 heterocycles. The Morgan fingerprint density at radius 2 is 1.89 bits per heavy atom. The van der Waals surface area contributed by atoms with E-state index in [1.54, 1.807) is 18.2 Å². The molecule has 2 N–H and O–H groups in total. The molecule has 0 aliphatic rings. The zero-order valence-corrected chi connectivity index (χ0v) is 22.9. The topological polar surface area (TPSA) is 98.1 Å². The smallest absolute Gasteiger partial charge is 0.258 e. The zero-order valence-electron chi connectivity index (χ0n) is 20.6. The lowest BCUT2D eigenvalue weighted by molar-refractivity contribution is -0.123. The number of amides is 2. The van der Waals surface area contributed by atoms with Crippen LogP contribution in [0, 0.1) is 6.92 Å². The minimum absolute atomic E-state index is 0.0999. The van der Waals surface area contributed by atoms with Gasteiger partial charge in [0.25, 0.3) is 5.91 Å². The maximum atomic E-state index is 12.4. The molecule has 0 atom stereocenters. The molecular formula is C25H29Cl2N5O3S. The fourth-order valence-corrected chi connectivity index (χ4v) is 4.56. The first-order chi connectivity index (χ1) is 17.2. The molecule has 36 heavy (non-hydrogen) atoms. The van der Waals surface area contributed by atoms with E-state index in [-0.39, 0.29) is 36.6 Å². The van der Waals surface area contributed by atoms with Gasteiger partial charge in [-0.2, -0.15) is 0 Å². The van der Waals surface area contributed by atoms with Gasteiger partial charge < -0.3 is 19.9 Å². The van der Waals surface area contributed by atoms with Crippen molar-refractivity contribution in [1.29, 1.82) is 0 Å². The summed E-state index contributed by atoms with van der Waals surface area (Å²) in [5.41, 5.74) is 2.58. The third-order valence-corrected chi connectivity index (χ3v) is 6.77. The summed E-state index contributed by atoms with van der Waals surface area (Å²) in [5, 5.41) is 15.4. The molecule has 0 fully saturated rings. The second-order valence-corrected chi connectivity index (χ2v) is 10.2. The summed E-state index contributed by atoms with van der Waals surface area (Å²) < 4.78 is 7.65. The van der Waals surface area contributed by atoms with E-state index in [1.165, 1.54) is 11.8 Å². The number of ether oxygens (including phenoxy) is 1. The number of thioether (sulfide) groups is 1. The van der Waals surface area contributed by atoms with Gasteiger partial charge in [-0.3, -0.25) is 9.59 Å². The van der Waals surface area contributed by atoms with Gasteiger partial charge in [0.2, 0.25) is 5.91 Å². The molecule has 0 saturated carbocycles. The highest BCUT2D eigenvalue weighted by atomic mass is 35.5. The van der Waals surface area contributed by atoms with Crippen molar-refractivity contribution in [2.45, 2.75) is 51.9 Å². The van der Waals surface area contributed by atoms with Crippen LogP contribution < -0.4 is 15.4 Å². The lowest BCUT2D eigenvalue weighted by Crippen LogP contribution is -2.29. The van der Waals surface area contributed by atoms with Crippen LogP contribution in [0.3, 0.4) is 0 Å². The molecular weight excluding hydrogens is 521 g/mol. The minimum atomic E-state index is -0.260. The van der Waals surface area contributed by atoms with Crippen LogP contribution in [0.4, 0.5) is 5.69 Å². The molecule has 3 rings (SSSR count). The van der Waals surface area contributed by atoms with Gasteiger partial charge in [-0.05, 0) is 55.2 Å². The van der Waals surface area contributed by atoms with Crippen molar-refractivity contribution in [3.63, 3.8) is 0 Å². The first-order valence-electron chi connectivity index (χ1n) is 11.5. The maximum Gasteiger partial charge on any atom is 0.258 e. The quantitative estimate of drug-likeness (QED) is 0.308. The molecule has 0 spiro atoms. The van der Waals surface area contributed by atoms with E-state index in [1.807, 2.05) is 36.6 Å². The normalized spacial score (nSPS) is 11.0. The van der Waals surface area contributed by atoms with Gasteiger partial charge >= 0.3 is 0 Å². The average molecular weight is 551 g/mol. The SMILES string of the molecule is CCn1c(CNC(=O)COc2cc(C)ccc2C(C)C)nnc1SCC(=O)Nc1cc(Cl)ccc1Cl. The van der Waals surface area contributed by atoms with Gasteiger partial charge in [-0.25, -0.2) is 0 Å². The second kappa shape index (κ2) is 13.0.